The lowest BCUT2D eigenvalue weighted by molar-refractivity contribution is 0.258. The summed E-state index contributed by atoms with van der Waals surface area (Å²) >= 11 is 0. The predicted octanol–water partition coefficient (Wildman–Crippen LogP) is 5.42. The molecule has 0 unspecified atom stereocenters. The maximum absolute atomic E-state index is 12.7. The highest BCUT2D eigenvalue weighted by Crippen LogP contribution is 2.29. The summed E-state index contributed by atoms with van der Waals surface area (Å²) in [6, 6.07) is 26.0. The van der Waals surface area contributed by atoms with Gasteiger partial charge in [-0.15, -0.1) is 0 Å². The minimum atomic E-state index is -0.247. The van der Waals surface area contributed by atoms with E-state index in [0.717, 1.165) is 11.4 Å². The van der Waals surface area contributed by atoms with Crippen molar-refractivity contribution in [2.45, 2.75) is 0 Å². The number of carbonyl (C=O) groups is 1. The largest absolute Gasteiger partial charge is 0.326 e. The van der Waals surface area contributed by atoms with Gasteiger partial charge < -0.3 is 5.32 Å². The van der Waals surface area contributed by atoms with Crippen LogP contribution in [0.15, 0.2) is 97.3 Å². The molecule has 0 saturated carbocycles. The third kappa shape index (κ3) is 4.24. The number of fused-ring (bicyclic) bond motifs is 1. The molecule has 0 radical (unpaired) electrons. The summed E-state index contributed by atoms with van der Waals surface area (Å²) < 4.78 is 0. The van der Waals surface area contributed by atoms with E-state index in [0.29, 0.717) is 33.8 Å². The number of anilines is 2. The molecule has 0 aliphatic heterocycles. The number of nitrogens with one attached hydrogen (secondary N) is 1. The van der Waals surface area contributed by atoms with Crippen LogP contribution in [-0.2, 0) is 0 Å². The summed E-state index contributed by atoms with van der Waals surface area (Å²) in [6.07, 6.45) is 3.45. The van der Waals surface area contributed by atoms with E-state index in [1.807, 2.05) is 84.9 Å². The van der Waals surface area contributed by atoms with Crippen LogP contribution in [0.4, 0.5) is 16.2 Å². The van der Waals surface area contributed by atoms with Gasteiger partial charge in [0, 0.05) is 30.8 Å². The number of aromatic nitrogens is 4. The van der Waals surface area contributed by atoms with Crippen LogP contribution < -0.4 is 10.2 Å². The van der Waals surface area contributed by atoms with Crippen molar-refractivity contribution >= 4 is 28.4 Å². The molecule has 3 heterocycles. The van der Waals surface area contributed by atoms with Gasteiger partial charge in [0.15, 0.2) is 0 Å². The van der Waals surface area contributed by atoms with Crippen LogP contribution >= 0.6 is 0 Å². The average molecular weight is 432 g/mol. The zero-order valence-electron chi connectivity index (χ0n) is 17.9. The monoisotopic (exact) mass is 432 g/mol. The number of amides is 2. The van der Waals surface area contributed by atoms with Crippen molar-refractivity contribution in [1.82, 2.24) is 19.9 Å². The fraction of sp³-hybridized carbons (Fsp3) is 0.0385. The topological polar surface area (TPSA) is 83.9 Å². The number of nitrogens with zero attached hydrogens (tertiary/aromatic N) is 5. The van der Waals surface area contributed by atoms with Crippen LogP contribution in [-0.4, -0.2) is 33.0 Å². The molecule has 7 nitrogen and oxygen atoms in total. The minimum absolute atomic E-state index is 0.247. The van der Waals surface area contributed by atoms with E-state index >= 15 is 0 Å². The van der Waals surface area contributed by atoms with Crippen molar-refractivity contribution in [3.63, 3.8) is 0 Å². The van der Waals surface area contributed by atoms with E-state index in [2.05, 4.69) is 15.3 Å². The van der Waals surface area contributed by atoms with E-state index in [-0.39, 0.29) is 6.03 Å². The molecule has 160 valence electrons. The van der Waals surface area contributed by atoms with Gasteiger partial charge in [-0.3, -0.25) is 14.9 Å². The molecule has 2 aromatic carbocycles. The average Bonchev–Trinajstić information content (AvgIpc) is 2.89. The molecule has 0 aliphatic carbocycles. The second kappa shape index (κ2) is 8.84. The molecular formula is C26H20N6O. The number of pyridine rings is 2. The number of carbonyl (C=O) groups excluding carboxylic acids is 1. The van der Waals surface area contributed by atoms with E-state index in [1.54, 1.807) is 24.3 Å². The Kier molecular flexibility index (Phi) is 5.43. The van der Waals surface area contributed by atoms with Gasteiger partial charge >= 0.3 is 6.03 Å². The molecule has 5 aromatic rings. The van der Waals surface area contributed by atoms with Crippen molar-refractivity contribution in [1.29, 1.82) is 0 Å². The maximum Gasteiger partial charge on any atom is 0.326 e. The number of urea groups is 1. The van der Waals surface area contributed by atoms with Crippen LogP contribution in [0.25, 0.3) is 33.8 Å². The number of hydrogen-bond donors (Lipinski definition) is 1. The molecule has 5 rings (SSSR count). The highest BCUT2D eigenvalue weighted by Gasteiger charge is 2.16. The van der Waals surface area contributed by atoms with Gasteiger partial charge in [0.1, 0.15) is 11.4 Å². The number of para-hydroxylation sites is 1. The highest BCUT2D eigenvalue weighted by atomic mass is 16.2. The van der Waals surface area contributed by atoms with E-state index < -0.39 is 0 Å². The SMILES string of the molecule is CN(C(=O)Nc1ccc2nc(-c3ccccn3)c(-c3ccccn3)nc2c1)c1ccccc1. The van der Waals surface area contributed by atoms with Gasteiger partial charge in [0.25, 0.3) is 0 Å². The lowest BCUT2D eigenvalue weighted by Crippen LogP contribution is -2.31. The zero-order chi connectivity index (χ0) is 22.6. The first-order chi connectivity index (χ1) is 16.2. The first-order valence-electron chi connectivity index (χ1n) is 10.4. The molecule has 0 fully saturated rings. The lowest BCUT2D eigenvalue weighted by atomic mass is 10.1. The van der Waals surface area contributed by atoms with Crippen molar-refractivity contribution in [3.05, 3.63) is 97.3 Å². The number of benzene rings is 2. The molecule has 3 aromatic heterocycles. The van der Waals surface area contributed by atoms with Crippen LogP contribution in [0.2, 0.25) is 0 Å². The van der Waals surface area contributed by atoms with Crippen molar-refractivity contribution in [3.8, 4) is 22.8 Å². The van der Waals surface area contributed by atoms with Crippen molar-refractivity contribution < 1.29 is 4.79 Å². The summed E-state index contributed by atoms with van der Waals surface area (Å²) in [5.74, 6) is 0. The fourth-order valence-corrected chi connectivity index (χ4v) is 3.47. The number of hydrogen-bond acceptors (Lipinski definition) is 5. The molecule has 2 amide bonds. The second-order valence-corrected chi connectivity index (χ2v) is 7.38. The van der Waals surface area contributed by atoms with Crippen LogP contribution in [0.1, 0.15) is 0 Å². The Labute approximate surface area is 190 Å². The lowest BCUT2D eigenvalue weighted by Gasteiger charge is -2.18. The molecule has 1 N–H and O–H groups in total. The standard InChI is InChI=1S/C26H20N6O/c1-32(19-9-3-2-4-10-19)26(33)29-18-13-14-20-23(17-18)31-25(22-12-6-8-16-28-22)24(30-20)21-11-5-7-15-27-21/h2-17H,1H3,(H,29,33). The first-order valence-corrected chi connectivity index (χ1v) is 10.4. The van der Waals surface area contributed by atoms with E-state index in [4.69, 9.17) is 9.97 Å². The Morgan fingerprint density at radius 3 is 1.94 bits per heavy atom. The summed E-state index contributed by atoms with van der Waals surface area (Å²) in [5.41, 5.74) is 5.48. The van der Waals surface area contributed by atoms with Gasteiger partial charge in [0.05, 0.1) is 22.4 Å². The zero-order valence-corrected chi connectivity index (χ0v) is 17.9. The Bertz CT molecular complexity index is 1410. The minimum Gasteiger partial charge on any atom is -0.307 e. The Morgan fingerprint density at radius 1 is 0.727 bits per heavy atom. The highest BCUT2D eigenvalue weighted by molar-refractivity contribution is 6.02. The van der Waals surface area contributed by atoms with Gasteiger partial charge in [-0.2, -0.15) is 0 Å². The smallest absolute Gasteiger partial charge is 0.307 e. The molecular weight excluding hydrogens is 412 g/mol. The molecule has 0 aliphatic rings. The predicted molar refractivity (Wildman–Crippen MR) is 130 cm³/mol. The quantitative estimate of drug-likeness (QED) is 0.410. The third-order valence-corrected chi connectivity index (χ3v) is 5.18. The van der Waals surface area contributed by atoms with Gasteiger partial charge in [-0.1, -0.05) is 30.3 Å². The summed E-state index contributed by atoms with van der Waals surface area (Å²) in [4.78, 5) is 32.9. The van der Waals surface area contributed by atoms with Gasteiger partial charge in [0.2, 0.25) is 0 Å². The molecule has 0 spiro atoms. The van der Waals surface area contributed by atoms with Crippen LogP contribution in [0, 0.1) is 0 Å². The summed E-state index contributed by atoms with van der Waals surface area (Å²) in [6.45, 7) is 0. The van der Waals surface area contributed by atoms with Crippen LogP contribution in [0.3, 0.4) is 0 Å². The molecule has 7 heteroatoms. The normalized spacial score (nSPS) is 10.7. The Morgan fingerprint density at radius 2 is 1.33 bits per heavy atom. The Hall–Kier alpha value is -4.65. The van der Waals surface area contributed by atoms with E-state index in [1.165, 1.54) is 0 Å². The molecule has 0 atom stereocenters. The molecule has 0 saturated heterocycles. The second-order valence-electron chi connectivity index (χ2n) is 7.38. The summed E-state index contributed by atoms with van der Waals surface area (Å²) in [7, 11) is 1.73. The number of rotatable bonds is 4. The summed E-state index contributed by atoms with van der Waals surface area (Å²) in [5, 5.41) is 2.93. The van der Waals surface area contributed by atoms with Crippen molar-refractivity contribution in [2.75, 3.05) is 17.3 Å². The first kappa shape index (κ1) is 20.3. The third-order valence-electron chi connectivity index (χ3n) is 5.18. The van der Waals surface area contributed by atoms with Crippen LogP contribution in [0.5, 0.6) is 0 Å². The van der Waals surface area contributed by atoms with E-state index in [9.17, 15) is 4.79 Å². The Balaban J connectivity index is 1.54. The van der Waals surface area contributed by atoms with Crippen molar-refractivity contribution in [2.24, 2.45) is 0 Å². The molecule has 0 bridgehead atoms. The fourth-order valence-electron chi connectivity index (χ4n) is 3.47. The van der Waals surface area contributed by atoms with Gasteiger partial charge in [-0.25, -0.2) is 14.8 Å². The molecule has 33 heavy (non-hydrogen) atoms. The maximum atomic E-state index is 12.7. The van der Waals surface area contributed by atoms with Gasteiger partial charge in [-0.05, 0) is 54.6 Å².